The maximum absolute atomic E-state index is 12.7. The average Bonchev–Trinajstić information content (AvgIpc) is 2.53. The summed E-state index contributed by atoms with van der Waals surface area (Å²) in [6.07, 6.45) is 2.06. The number of esters is 1. The molecule has 2 aromatic rings. The first kappa shape index (κ1) is 19.9. The molecule has 2 aromatic heterocycles. The Hall–Kier alpha value is -2.42. The molecule has 0 spiro atoms. The summed E-state index contributed by atoms with van der Waals surface area (Å²) in [5.41, 5.74) is -1.23. The lowest BCUT2D eigenvalue weighted by molar-refractivity contribution is 0.0513. The summed E-state index contributed by atoms with van der Waals surface area (Å²) in [4.78, 5) is 41.4. The molecular weight excluding hydrogens is 406 g/mol. The third-order valence-corrected chi connectivity index (χ3v) is 3.70. The van der Waals surface area contributed by atoms with Crippen molar-refractivity contribution in [2.24, 2.45) is 0 Å². The first-order valence-electron chi connectivity index (χ1n) is 7.90. The van der Waals surface area contributed by atoms with Gasteiger partial charge in [0.2, 0.25) is 5.43 Å². The molecule has 0 aliphatic carbocycles. The van der Waals surface area contributed by atoms with Crippen LogP contribution < -0.4 is 10.4 Å². The lowest BCUT2D eigenvalue weighted by Crippen LogP contribution is -2.42. The van der Waals surface area contributed by atoms with Gasteiger partial charge in [-0.2, -0.15) is 0 Å². The van der Waals surface area contributed by atoms with Crippen molar-refractivity contribution in [2.75, 3.05) is 18.7 Å². The molecule has 0 aromatic carbocycles. The van der Waals surface area contributed by atoms with E-state index in [-0.39, 0.29) is 23.2 Å². The number of carbonyl (C=O) groups excluding carboxylic acids is 2. The fourth-order valence-electron chi connectivity index (χ4n) is 2.17. The van der Waals surface area contributed by atoms with E-state index in [2.05, 4.69) is 20.9 Å². The Bertz CT molecular complexity index is 917. The molecule has 0 saturated heterocycles. The maximum Gasteiger partial charge on any atom is 0.429 e. The Labute approximate surface area is 158 Å². The Kier molecular flexibility index (Phi) is 5.70. The van der Waals surface area contributed by atoms with Gasteiger partial charge in [0.15, 0.2) is 5.65 Å². The Morgan fingerprint density at radius 3 is 2.58 bits per heavy atom. The highest BCUT2D eigenvalue weighted by Crippen LogP contribution is 2.17. The van der Waals surface area contributed by atoms with E-state index in [0.29, 0.717) is 4.47 Å². The largest absolute Gasteiger partial charge is 0.462 e. The van der Waals surface area contributed by atoms with Crippen molar-refractivity contribution in [1.29, 1.82) is 0 Å². The predicted octanol–water partition coefficient (Wildman–Crippen LogP) is 2.84. The quantitative estimate of drug-likeness (QED) is 0.702. The van der Waals surface area contributed by atoms with Crippen LogP contribution in [-0.4, -0.2) is 41.0 Å². The Morgan fingerprint density at radius 2 is 2.00 bits per heavy atom. The number of halogens is 1. The number of rotatable bonds is 3. The van der Waals surface area contributed by atoms with Gasteiger partial charge in [0.25, 0.3) is 0 Å². The van der Waals surface area contributed by atoms with Gasteiger partial charge in [-0.15, -0.1) is 0 Å². The molecule has 1 amide bonds. The normalized spacial score (nSPS) is 11.3. The summed E-state index contributed by atoms with van der Waals surface area (Å²) in [5, 5.41) is 1.30. The van der Waals surface area contributed by atoms with Gasteiger partial charge in [0.1, 0.15) is 11.2 Å². The highest BCUT2D eigenvalue weighted by atomic mass is 79.9. The molecule has 26 heavy (non-hydrogen) atoms. The molecule has 0 unspecified atom stereocenters. The molecule has 2 rings (SSSR count). The number of pyridine rings is 2. The molecule has 0 aliphatic heterocycles. The topological polar surface area (TPSA) is 90.7 Å². The van der Waals surface area contributed by atoms with Crippen molar-refractivity contribution >= 4 is 39.0 Å². The molecule has 9 heteroatoms. The van der Waals surface area contributed by atoms with Crippen molar-refractivity contribution in [2.45, 2.75) is 33.3 Å². The molecule has 8 nitrogen and oxygen atoms in total. The van der Waals surface area contributed by atoms with Crippen molar-refractivity contribution in [3.63, 3.8) is 0 Å². The van der Waals surface area contributed by atoms with E-state index in [4.69, 9.17) is 9.47 Å². The smallest absolute Gasteiger partial charge is 0.429 e. The van der Waals surface area contributed by atoms with Crippen LogP contribution in [0.3, 0.4) is 0 Å². The first-order chi connectivity index (χ1) is 12.0. The van der Waals surface area contributed by atoms with Crippen LogP contribution in [0.25, 0.3) is 11.0 Å². The van der Waals surface area contributed by atoms with Crippen molar-refractivity contribution in [3.05, 3.63) is 38.7 Å². The standard InChI is InChI=1S/C17H20BrN3O5/c1-6-25-15(23)12-9-21(20(5)16(24)26-17(2,3)4)14-11(13(12)22)7-10(18)8-19-14/h7-9H,6H2,1-5H3. The summed E-state index contributed by atoms with van der Waals surface area (Å²) >= 11 is 3.26. The molecule has 0 atom stereocenters. The van der Waals surface area contributed by atoms with Gasteiger partial charge in [-0.05, 0) is 49.7 Å². The van der Waals surface area contributed by atoms with E-state index >= 15 is 0 Å². The number of nitrogens with zero attached hydrogens (tertiary/aromatic N) is 3. The minimum atomic E-state index is -0.772. The van der Waals surface area contributed by atoms with E-state index < -0.39 is 23.1 Å². The number of fused-ring (bicyclic) bond motifs is 1. The van der Waals surface area contributed by atoms with Crippen molar-refractivity contribution < 1.29 is 19.1 Å². The second-order valence-corrected chi connectivity index (χ2v) is 7.38. The molecule has 0 N–H and O–H groups in total. The monoisotopic (exact) mass is 425 g/mol. The predicted molar refractivity (Wildman–Crippen MR) is 100 cm³/mol. The Balaban J connectivity index is 2.68. The zero-order chi connectivity index (χ0) is 19.6. The van der Waals surface area contributed by atoms with Crippen LogP contribution in [0.1, 0.15) is 38.1 Å². The highest BCUT2D eigenvalue weighted by Gasteiger charge is 2.24. The van der Waals surface area contributed by atoms with Gasteiger partial charge in [0, 0.05) is 23.9 Å². The van der Waals surface area contributed by atoms with Crippen molar-refractivity contribution in [1.82, 2.24) is 9.66 Å². The zero-order valence-corrected chi connectivity index (χ0v) is 16.8. The highest BCUT2D eigenvalue weighted by molar-refractivity contribution is 9.10. The van der Waals surface area contributed by atoms with Crippen LogP contribution in [0.5, 0.6) is 0 Å². The van der Waals surface area contributed by atoms with Gasteiger partial charge in [-0.3, -0.25) is 4.79 Å². The number of aromatic nitrogens is 2. The molecule has 0 radical (unpaired) electrons. The summed E-state index contributed by atoms with van der Waals surface area (Å²) in [6, 6.07) is 1.53. The molecule has 0 bridgehead atoms. The second-order valence-electron chi connectivity index (χ2n) is 6.47. The number of hydrogen-bond acceptors (Lipinski definition) is 6. The van der Waals surface area contributed by atoms with Gasteiger partial charge < -0.3 is 9.47 Å². The molecule has 0 saturated carbocycles. The third kappa shape index (κ3) is 4.21. The maximum atomic E-state index is 12.7. The lowest BCUT2D eigenvalue weighted by Gasteiger charge is -2.26. The SMILES string of the molecule is CCOC(=O)c1cn(N(C)C(=O)OC(C)(C)C)c2ncc(Br)cc2c1=O. The van der Waals surface area contributed by atoms with Gasteiger partial charge in [-0.1, -0.05) is 0 Å². The number of amides is 1. The van der Waals surface area contributed by atoms with E-state index in [1.165, 1.54) is 30.2 Å². The summed E-state index contributed by atoms with van der Waals surface area (Å²) in [5.74, 6) is -0.772. The van der Waals surface area contributed by atoms with Gasteiger partial charge in [0.05, 0.1) is 12.0 Å². The van der Waals surface area contributed by atoms with Crippen LogP contribution >= 0.6 is 15.9 Å². The average molecular weight is 426 g/mol. The summed E-state index contributed by atoms with van der Waals surface area (Å²) in [7, 11) is 1.46. The molecule has 140 valence electrons. The minimum Gasteiger partial charge on any atom is -0.462 e. The minimum absolute atomic E-state index is 0.120. The van der Waals surface area contributed by atoms with Crippen LogP contribution in [0, 0.1) is 0 Å². The van der Waals surface area contributed by atoms with Gasteiger partial charge in [-0.25, -0.2) is 24.3 Å². The van der Waals surface area contributed by atoms with E-state index in [0.717, 1.165) is 5.01 Å². The molecule has 0 aliphatic rings. The Morgan fingerprint density at radius 1 is 1.35 bits per heavy atom. The number of ether oxygens (including phenoxy) is 2. The number of carbonyl (C=O) groups is 2. The third-order valence-electron chi connectivity index (χ3n) is 3.27. The first-order valence-corrected chi connectivity index (χ1v) is 8.69. The number of hydrogen-bond donors (Lipinski definition) is 0. The summed E-state index contributed by atoms with van der Waals surface area (Å²) in [6.45, 7) is 6.97. The van der Waals surface area contributed by atoms with Crippen molar-refractivity contribution in [3.8, 4) is 0 Å². The van der Waals surface area contributed by atoms with E-state index in [9.17, 15) is 14.4 Å². The molecular formula is C17H20BrN3O5. The fraction of sp³-hybridized carbons (Fsp3) is 0.412. The van der Waals surface area contributed by atoms with Crippen LogP contribution in [0.2, 0.25) is 0 Å². The van der Waals surface area contributed by atoms with Crippen LogP contribution in [0.15, 0.2) is 27.7 Å². The molecule has 0 fully saturated rings. The fourth-order valence-corrected chi connectivity index (χ4v) is 2.50. The zero-order valence-electron chi connectivity index (χ0n) is 15.2. The van der Waals surface area contributed by atoms with Crippen LogP contribution in [0.4, 0.5) is 4.79 Å². The van der Waals surface area contributed by atoms with Crippen LogP contribution in [-0.2, 0) is 9.47 Å². The van der Waals surface area contributed by atoms with Gasteiger partial charge >= 0.3 is 12.1 Å². The van der Waals surface area contributed by atoms with E-state index in [1.54, 1.807) is 27.7 Å². The lowest BCUT2D eigenvalue weighted by atomic mass is 10.2. The second kappa shape index (κ2) is 7.45. The van der Waals surface area contributed by atoms with E-state index in [1.807, 2.05) is 0 Å². The molecule has 2 heterocycles. The summed E-state index contributed by atoms with van der Waals surface area (Å²) < 4.78 is 12.1.